The Balaban J connectivity index is 1.16. The van der Waals surface area contributed by atoms with E-state index in [4.69, 9.17) is 14.7 Å². The summed E-state index contributed by atoms with van der Waals surface area (Å²) in [5, 5.41) is 9.12. The number of halogens is 1. The maximum Gasteiger partial charge on any atom is 0.410 e. The van der Waals surface area contributed by atoms with E-state index in [0.717, 1.165) is 17.2 Å². The maximum absolute atomic E-state index is 13.7. The van der Waals surface area contributed by atoms with Gasteiger partial charge in [0, 0.05) is 17.4 Å². The summed E-state index contributed by atoms with van der Waals surface area (Å²) >= 11 is 0. The molecule has 2 heterocycles. The molecule has 1 amide bonds. The molecule has 7 heteroatoms. The van der Waals surface area contributed by atoms with Gasteiger partial charge in [0.05, 0.1) is 30.9 Å². The largest absolute Gasteiger partial charge is 0.448 e. The van der Waals surface area contributed by atoms with Gasteiger partial charge < -0.3 is 9.47 Å². The molecular formula is C30H25FN2O4. The summed E-state index contributed by atoms with van der Waals surface area (Å²) in [6.45, 7) is 0.896. The van der Waals surface area contributed by atoms with Gasteiger partial charge in [0.2, 0.25) is 0 Å². The fraction of sp³-hybridized carbons (Fsp3) is 0.300. The number of morpholine rings is 1. The number of nitriles is 1. The van der Waals surface area contributed by atoms with Crippen LogP contribution in [0, 0.1) is 23.1 Å². The van der Waals surface area contributed by atoms with Crippen LogP contribution in [0.1, 0.15) is 45.8 Å². The molecule has 2 atom stereocenters. The highest BCUT2D eigenvalue weighted by Crippen LogP contribution is 2.44. The molecule has 186 valence electrons. The zero-order valence-electron chi connectivity index (χ0n) is 20.1. The number of amides is 1. The van der Waals surface area contributed by atoms with E-state index in [1.165, 1.54) is 23.3 Å². The van der Waals surface area contributed by atoms with Gasteiger partial charge in [-0.25, -0.2) is 9.18 Å². The molecule has 3 aromatic carbocycles. The molecule has 2 saturated heterocycles. The van der Waals surface area contributed by atoms with E-state index < -0.39 is 5.82 Å². The number of ketones is 1. The lowest BCUT2D eigenvalue weighted by atomic mass is 9.80. The standard InChI is InChI=1S/C30H25FN2O4/c31-28-10-9-18(11-20(28)14-32)29(34)19-12-21-15-36-16-22(13-19)33(21)30(35)37-17-27-25-7-3-1-5-23(25)24-6-2-4-8-26(24)27/h1-11,19,21-22,27H,12-13,15-17H2. The van der Waals surface area contributed by atoms with Gasteiger partial charge >= 0.3 is 6.09 Å². The topological polar surface area (TPSA) is 79.6 Å². The third kappa shape index (κ3) is 4.08. The number of nitrogens with zero attached hydrogens (tertiary/aromatic N) is 2. The number of hydrogen-bond donors (Lipinski definition) is 0. The second kappa shape index (κ2) is 9.45. The number of benzene rings is 3. The minimum Gasteiger partial charge on any atom is -0.448 e. The molecule has 6 rings (SSSR count). The Morgan fingerprint density at radius 3 is 2.22 bits per heavy atom. The van der Waals surface area contributed by atoms with E-state index in [0.29, 0.717) is 31.6 Å². The highest BCUT2D eigenvalue weighted by atomic mass is 19.1. The van der Waals surface area contributed by atoms with E-state index in [1.54, 1.807) is 11.0 Å². The van der Waals surface area contributed by atoms with Gasteiger partial charge in [-0.15, -0.1) is 0 Å². The summed E-state index contributed by atoms with van der Waals surface area (Å²) in [5.74, 6) is -1.15. The number of rotatable bonds is 4. The molecule has 3 aliphatic rings. The first-order valence-corrected chi connectivity index (χ1v) is 12.5. The lowest BCUT2D eigenvalue weighted by molar-refractivity contribution is -0.0747. The normalized spacial score (nSPS) is 22.1. The van der Waals surface area contributed by atoms with E-state index in [1.807, 2.05) is 24.3 Å². The van der Waals surface area contributed by atoms with Gasteiger partial charge in [-0.05, 0) is 53.3 Å². The Hall–Kier alpha value is -4.02. The number of carbonyl (C=O) groups excluding carboxylic acids is 2. The Kier molecular flexibility index (Phi) is 5.97. The second-order valence-corrected chi connectivity index (χ2v) is 9.90. The van der Waals surface area contributed by atoms with Crippen molar-refractivity contribution in [2.75, 3.05) is 19.8 Å². The van der Waals surface area contributed by atoms with Crippen molar-refractivity contribution >= 4 is 11.9 Å². The van der Waals surface area contributed by atoms with Crippen LogP contribution >= 0.6 is 0 Å². The number of piperidine rings is 1. The molecular weight excluding hydrogens is 471 g/mol. The maximum atomic E-state index is 13.7. The number of ether oxygens (including phenoxy) is 2. The summed E-state index contributed by atoms with van der Waals surface area (Å²) in [6.07, 6.45) is 0.469. The zero-order chi connectivity index (χ0) is 25.5. The van der Waals surface area contributed by atoms with Gasteiger partial charge in [-0.3, -0.25) is 9.69 Å². The molecule has 2 fully saturated rings. The monoisotopic (exact) mass is 496 g/mol. The Labute approximate surface area is 214 Å². The predicted molar refractivity (Wildman–Crippen MR) is 133 cm³/mol. The summed E-state index contributed by atoms with van der Waals surface area (Å²) < 4.78 is 25.4. The first-order valence-electron chi connectivity index (χ1n) is 12.5. The van der Waals surface area contributed by atoms with E-state index in [9.17, 15) is 14.0 Å². The van der Waals surface area contributed by atoms with Crippen LogP contribution in [-0.4, -0.2) is 48.7 Å². The van der Waals surface area contributed by atoms with Crippen LogP contribution in [0.2, 0.25) is 0 Å². The first-order chi connectivity index (χ1) is 18.0. The molecule has 0 N–H and O–H groups in total. The summed E-state index contributed by atoms with van der Waals surface area (Å²) in [7, 11) is 0. The van der Waals surface area contributed by atoms with Crippen LogP contribution in [0.4, 0.5) is 9.18 Å². The molecule has 2 unspecified atom stereocenters. The van der Waals surface area contributed by atoms with Gasteiger partial charge in [0.25, 0.3) is 0 Å². The lowest BCUT2D eigenvalue weighted by Crippen LogP contribution is -2.60. The summed E-state index contributed by atoms with van der Waals surface area (Å²) in [6, 6.07) is 21.5. The van der Waals surface area contributed by atoms with Gasteiger partial charge in [-0.2, -0.15) is 5.26 Å². The minimum atomic E-state index is -0.644. The fourth-order valence-electron chi connectivity index (χ4n) is 6.10. The predicted octanol–water partition coefficient (Wildman–Crippen LogP) is 5.31. The van der Waals surface area contributed by atoms with E-state index in [2.05, 4.69) is 24.3 Å². The molecule has 6 nitrogen and oxygen atoms in total. The van der Waals surface area contributed by atoms with Gasteiger partial charge in [0.15, 0.2) is 5.78 Å². The average Bonchev–Trinajstić information content (AvgIpc) is 3.24. The van der Waals surface area contributed by atoms with Crippen molar-refractivity contribution < 1.29 is 23.5 Å². The molecule has 37 heavy (non-hydrogen) atoms. The number of carbonyl (C=O) groups is 2. The fourth-order valence-corrected chi connectivity index (χ4v) is 6.10. The number of Topliss-reactive ketones (excluding diaryl/α,β-unsaturated/α-hetero) is 1. The number of hydrogen-bond acceptors (Lipinski definition) is 5. The number of fused-ring (bicyclic) bond motifs is 5. The third-order valence-corrected chi connectivity index (χ3v) is 7.81. The van der Waals surface area contributed by atoms with Crippen molar-refractivity contribution in [1.29, 1.82) is 5.26 Å². The van der Waals surface area contributed by atoms with E-state index in [-0.39, 0.29) is 48.0 Å². The zero-order valence-corrected chi connectivity index (χ0v) is 20.1. The van der Waals surface area contributed by atoms with Gasteiger partial charge in [0.1, 0.15) is 18.5 Å². The van der Waals surface area contributed by atoms with Crippen LogP contribution in [0.25, 0.3) is 11.1 Å². The van der Waals surface area contributed by atoms with Crippen molar-refractivity contribution in [3.8, 4) is 17.2 Å². The Morgan fingerprint density at radius 1 is 0.973 bits per heavy atom. The quantitative estimate of drug-likeness (QED) is 0.458. The van der Waals surface area contributed by atoms with Crippen LogP contribution in [-0.2, 0) is 9.47 Å². The third-order valence-electron chi connectivity index (χ3n) is 7.81. The minimum absolute atomic E-state index is 0.0284. The van der Waals surface area contributed by atoms with Crippen LogP contribution in [0.15, 0.2) is 66.7 Å². The second-order valence-electron chi connectivity index (χ2n) is 9.90. The highest BCUT2D eigenvalue weighted by molar-refractivity contribution is 5.98. The van der Waals surface area contributed by atoms with Gasteiger partial charge in [-0.1, -0.05) is 48.5 Å². The summed E-state index contributed by atoms with van der Waals surface area (Å²) in [5.41, 5.74) is 4.82. The average molecular weight is 497 g/mol. The SMILES string of the molecule is N#Cc1cc(C(=O)C2CC3COCC(C2)N3C(=O)OCC2c3ccccc3-c3ccccc32)ccc1F. The Bertz CT molecular complexity index is 1370. The van der Waals surface area contributed by atoms with Crippen LogP contribution in [0.5, 0.6) is 0 Å². The Morgan fingerprint density at radius 2 is 1.59 bits per heavy atom. The molecule has 0 spiro atoms. The molecule has 0 radical (unpaired) electrons. The summed E-state index contributed by atoms with van der Waals surface area (Å²) in [4.78, 5) is 28.3. The molecule has 2 aliphatic heterocycles. The van der Waals surface area contributed by atoms with Crippen LogP contribution < -0.4 is 0 Å². The van der Waals surface area contributed by atoms with Crippen molar-refractivity contribution in [3.63, 3.8) is 0 Å². The highest BCUT2D eigenvalue weighted by Gasteiger charge is 2.45. The van der Waals surface area contributed by atoms with E-state index >= 15 is 0 Å². The smallest absolute Gasteiger partial charge is 0.410 e. The first kappa shape index (κ1) is 23.4. The van der Waals surface area contributed by atoms with Crippen molar-refractivity contribution in [2.24, 2.45) is 5.92 Å². The molecule has 3 aromatic rings. The van der Waals surface area contributed by atoms with Crippen molar-refractivity contribution in [1.82, 2.24) is 4.90 Å². The van der Waals surface area contributed by atoms with Crippen molar-refractivity contribution in [2.45, 2.75) is 30.8 Å². The van der Waals surface area contributed by atoms with Crippen molar-refractivity contribution in [3.05, 3.63) is 94.8 Å². The van der Waals surface area contributed by atoms with Crippen LogP contribution in [0.3, 0.4) is 0 Å². The molecule has 2 bridgehead atoms. The molecule has 0 aromatic heterocycles. The molecule has 1 aliphatic carbocycles. The lowest BCUT2D eigenvalue weighted by Gasteiger charge is -2.47. The molecule has 0 saturated carbocycles.